The van der Waals surface area contributed by atoms with Crippen LogP contribution < -0.4 is 14.8 Å². The van der Waals surface area contributed by atoms with Gasteiger partial charge >= 0.3 is 0 Å². The Morgan fingerprint density at radius 2 is 1.88 bits per heavy atom. The average Bonchev–Trinajstić information content (AvgIpc) is 3.10. The molecule has 3 aromatic rings. The lowest BCUT2D eigenvalue weighted by atomic mass is 10.1. The molecule has 0 bridgehead atoms. The Bertz CT molecular complexity index is 904. The molecule has 0 spiro atoms. The van der Waals surface area contributed by atoms with Gasteiger partial charge in [-0.3, -0.25) is 4.79 Å². The van der Waals surface area contributed by atoms with Gasteiger partial charge in [0.1, 0.15) is 11.5 Å². The first-order valence-corrected chi connectivity index (χ1v) is 9.00. The van der Waals surface area contributed by atoms with Crippen LogP contribution >= 0.6 is 11.3 Å². The molecule has 3 rings (SSSR count). The van der Waals surface area contributed by atoms with E-state index < -0.39 is 0 Å². The maximum absolute atomic E-state index is 12.4. The van der Waals surface area contributed by atoms with Gasteiger partial charge in [0.25, 0.3) is 0 Å². The van der Waals surface area contributed by atoms with Crippen LogP contribution in [-0.4, -0.2) is 25.1 Å². The molecule has 6 heteroatoms. The summed E-state index contributed by atoms with van der Waals surface area (Å²) < 4.78 is 10.5. The summed E-state index contributed by atoms with van der Waals surface area (Å²) in [7, 11) is 3.24. The fourth-order valence-corrected chi connectivity index (χ4v) is 3.34. The highest BCUT2D eigenvalue weighted by atomic mass is 32.1. The highest BCUT2D eigenvalue weighted by Gasteiger charge is 2.12. The SMILES string of the molecule is COc1ccc(-c2csc(NC(=O)Cc3cc(C)ccc3OC)n2)cc1. The normalized spacial score (nSPS) is 10.4. The van der Waals surface area contributed by atoms with Gasteiger partial charge < -0.3 is 14.8 Å². The molecular formula is C20H20N2O3S. The Morgan fingerprint density at radius 3 is 2.58 bits per heavy atom. The first kappa shape index (κ1) is 17.9. The van der Waals surface area contributed by atoms with Crippen LogP contribution in [0.25, 0.3) is 11.3 Å². The highest BCUT2D eigenvalue weighted by molar-refractivity contribution is 7.14. The lowest BCUT2D eigenvalue weighted by molar-refractivity contribution is -0.115. The lowest BCUT2D eigenvalue weighted by Gasteiger charge is -2.09. The summed E-state index contributed by atoms with van der Waals surface area (Å²) in [5, 5.41) is 5.36. The molecule has 1 heterocycles. The molecule has 2 aromatic carbocycles. The van der Waals surface area contributed by atoms with E-state index in [-0.39, 0.29) is 12.3 Å². The zero-order valence-corrected chi connectivity index (χ0v) is 15.7. The minimum Gasteiger partial charge on any atom is -0.497 e. The van der Waals surface area contributed by atoms with E-state index in [2.05, 4.69) is 10.3 Å². The number of anilines is 1. The van der Waals surface area contributed by atoms with Crippen molar-refractivity contribution < 1.29 is 14.3 Å². The van der Waals surface area contributed by atoms with Gasteiger partial charge in [-0.2, -0.15) is 0 Å². The number of benzene rings is 2. The topological polar surface area (TPSA) is 60.5 Å². The van der Waals surface area contributed by atoms with Gasteiger partial charge in [-0.05, 0) is 37.3 Å². The van der Waals surface area contributed by atoms with Crippen molar-refractivity contribution in [3.63, 3.8) is 0 Å². The summed E-state index contributed by atoms with van der Waals surface area (Å²) >= 11 is 1.40. The Balaban J connectivity index is 1.69. The molecule has 0 aliphatic carbocycles. The van der Waals surface area contributed by atoms with E-state index in [0.717, 1.165) is 28.1 Å². The van der Waals surface area contributed by atoms with Crippen molar-refractivity contribution in [1.29, 1.82) is 0 Å². The number of aromatic nitrogens is 1. The molecule has 0 radical (unpaired) electrons. The number of amides is 1. The number of aryl methyl sites for hydroxylation is 1. The molecule has 0 unspecified atom stereocenters. The van der Waals surface area contributed by atoms with Gasteiger partial charge in [0.2, 0.25) is 5.91 Å². The number of hydrogen-bond acceptors (Lipinski definition) is 5. The van der Waals surface area contributed by atoms with Gasteiger partial charge in [-0.1, -0.05) is 17.7 Å². The van der Waals surface area contributed by atoms with E-state index in [1.54, 1.807) is 14.2 Å². The van der Waals surface area contributed by atoms with E-state index in [1.807, 2.05) is 54.8 Å². The molecule has 0 aliphatic heterocycles. The molecule has 1 amide bonds. The second kappa shape index (κ2) is 8.01. The van der Waals surface area contributed by atoms with E-state index in [0.29, 0.717) is 10.9 Å². The van der Waals surface area contributed by atoms with E-state index >= 15 is 0 Å². The molecule has 1 aromatic heterocycles. The Morgan fingerprint density at radius 1 is 1.12 bits per heavy atom. The third kappa shape index (κ3) is 4.21. The van der Waals surface area contributed by atoms with Crippen molar-refractivity contribution in [3.05, 3.63) is 59.0 Å². The Labute approximate surface area is 156 Å². The molecule has 0 aliphatic rings. The van der Waals surface area contributed by atoms with Crippen molar-refractivity contribution >= 4 is 22.4 Å². The van der Waals surface area contributed by atoms with Crippen LogP contribution in [-0.2, 0) is 11.2 Å². The number of rotatable bonds is 6. The number of thiazole rings is 1. The van der Waals surface area contributed by atoms with Crippen LogP contribution in [0.3, 0.4) is 0 Å². The summed E-state index contributed by atoms with van der Waals surface area (Å²) in [5.41, 5.74) is 3.74. The van der Waals surface area contributed by atoms with Crippen molar-refractivity contribution in [2.75, 3.05) is 19.5 Å². The van der Waals surface area contributed by atoms with Crippen LogP contribution in [0.5, 0.6) is 11.5 Å². The number of carbonyl (C=O) groups is 1. The van der Waals surface area contributed by atoms with Crippen molar-refractivity contribution in [1.82, 2.24) is 4.98 Å². The molecule has 0 fully saturated rings. The summed E-state index contributed by atoms with van der Waals surface area (Å²) in [6.07, 6.45) is 0.238. The summed E-state index contributed by atoms with van der Waals surface area (Å²) in [6, 6.07) is 13.5. The number of hydrogen-bond donors (Lipinski definition) is 1. The summed E-state index contributed by atoms with van der Waals surface area (Å²) in [4.78, 5) is 16.9. The number of nitrogens with zero attached hydrogens (tertiary/aromatic N) is 1. The van der Waals surface area contributed by atoms with Crippen molar-refractivity contribution in [2.45, 2.75) is 13.3 Å². The molecule has 0 saturated carbocycles. The van der Waals surface area contributed by atoms with E-state index in [4.69, 9.17) is 9.47 Å². The number of methoxy groups -OCH3 is 2. The molecule has 134 valence electrons. The van der Waals surface area contributed by atoms with Crippen LogP contribution in [0.1, 0.15) is 11.1 Å². The van der Waals surface area contributed by atoms with E-state index in [9.17, 15) is 4.79 Å². The first-order chi connectivity index (χ1) is 12.6. The van der Waals surface area contributed by atoms with Crippen molar-refractivity contribution in [2.24, 2.45) is 0 Å². The predicted molar refractivity (Wildman–Crippen MR) is 104 cm³/mol. The van der Waals surface area contributed by atoms with Gasteiger partial charge in [0.05, 0.1) is 26.3 Å². The zero-order valence-electron chi connectivity index (χ0n) is 14.9. The molecule has 0 saturated heterocycles. The second-order valence-electron chi connectivity index (χ2n) is 5.81. The van der Waals surface area contributed by atoms with Crippen LogP contribution in [0.15, 0.2) is 47.8 Å². The third-order valence-corrected chi connectivity index (χ3v) is 4.68. The van der Waals surface area contributed by atoms with Crippen molar-refractivity contribution in [3.8, 4) is 22.8 Å². The first-order valence-electron chi connectivity index (χ1n) is 8.12. The zero-order chi connectivity index (χ0) is 18.5. The quantitative estimate of drug-likeness (QED) is 0.704. The van der Waals surface area contributed by atoms with Gasteiger partial charge in [0, 0.05) is 16.5 Å². The maximum atomic E-state index is 12.4. The fourth-order valence-electron chi connectivity index (χ4n) is 2.61. The predicted octanol–water partition coefficient (Wildman–Crippen LogP) is 4.32. The number of nitrogens with one attached hydrogen (secondary N) is 1. The van der Waals surface area contributed by atoms with Crippen LogP contribution in [0, 0.1) is 6.92 Å². The number of carbonyl (C=O) groups excluding carboxylic acids is 1. The van der Waals surface area contributed by atoms with Crippen LogP contribution in [0.4, 0.5) is 5.13 Å². The minimum atomic E-state index is -0.121. The molecule has 26 heavy (non-hydrogen) atoms. The fraction of sp³-hybridized carbons (Fsp3) is 0.200. The third-order valence-electron chi connectivity index (χ3n) is 3.92. The monoisotopic (exact) mass is 368 g/mol. The van der Waals surface area contributed by atoms with Gasteiger partial charge in [0.15, 0.2) is 5.13 Å². The Hall–Kier alpha value is -2.86. The highest BCUT2D eigenvalue weighted by Crippen LogP contribution is 2.27. The number of ether oxygens (including phenoxy) is 2. The summed E-state index contributed by atoms with van der Waals surface area (Å²) in [5.74, 6) is 1.39. The standard InChI is InChI=1S/C20H20N2O3S/c1-13-4-9-18(25-3)15(10-13)11-19(23)22-20-21-17(12-26-20)14-5-7-16(24-2)8-6-14/h4-10,12H,11H2,1-3H3,(H,21,22,23). The molecule has 1 N–H and O–H groups in total. The van der Waals surface area contributed by atoms with Crippen LogP contribution in [0.2, 0.25) is 0 Å². The molecule has 0 atom stereocenters. The second-order valence-corrected chi connectivity index (χ2v) is 6.66. The molecule has 5 nitrogen and oxygen atoms in total. The Kier molecular flexibility index (Phi) is 5.53. The van der Waals surface area contributed by atoms with Gasteiger partial charge in [-0.15, -0.1) is 11.3 Å². The average molecular weight is 368 g/mol. The largest absolute Gasteiger partial charge is 0.497 e. The molecular weight excluding hydrogens is 348 g/mol. The maximum Gasteiger partial charge on any atom is 0.230 e. The minimum absolute atomic E-state index is 0.121. The smallest absolute Gasteiger partial charge is 0.230 e. The van der Waals surface area contributed by atoms with E-state index in [1.165, 1.54) is 11.3 Å². The van der Waals surface area contributed by atoms with Gasteiger partial charge in [-0.25, -0.2) is 4.98 Å². The summed E-state index contributed by atoms with van der Waals surface area (Å²) in [6.45, 7) is 1.99. The lowest BCUT2D eigenvalue weighted by Crippen LogP contribution is -2.14.